The molecule has 2 N–H and O–H groups in total. The average Bonchev–Trinajstić information content (AvgIpc) is 2.87. The van der Waals surface area contributed by atoms with Gasteiger partial charge in [-0.15, -0.1) is 0 Å². The van der Waals surface area contributed by atoms with Crippen LogP contribution in [0.3, 0.4) is 0 Å². The number of hydrogen-bond acceptors (Lipinski definition) is 4. The molecule has 3 rings (SSSR count). The number of aromatic carboxylic acids is 1. The average molecular weight is 304 g/mol. The fraction of sp³-hybridized carbons (Fsp3) is 0.500. The topological polar surface area (TPSA) is 84.6 Å². The third-order valence-electron chi connectivity index (χ3n) is 4.38. The molecule has 0 radical (unpaired) electrons. The minimum absolute atomic E-state index is 0.130. The minimum Gasteiger partial charge on any atom is -0.496 e. The van der Waals surface area contributed by atoms with Crippen molar-refractivity contribution in [3.63, 3.8) is 0 Å². The van der Waals surface area contributed by atoms with Gasteiger partial charge >= 0.3 is 5.97 Å². The van der Waals surface area contributed by atoms with Crippen LogP contribution >= 0.6 is 0 Å². The number of hydrogen-bond donors (Lipinski definition) is 2. The first kappa shape index (κ1) is 14.8. The van der Waals surface area contributed by atoms with Crippen molar-refractivity contribution >= 4 is 16.9 Å². The second-order valence-corrected chi connectivity index (χ2v) is 6.27. The number of nitrogens with zero attached hydrogens (tertiary/aromatic N) is 2. The summed E-state index contributed by atoms with van der Waals surface area (Å²) in [6.07, 6.45) is 5.24. The highest BCUT2D eigenvalue weighted by Gasteiger charge is 2.31. The molecule has 1 aliphatic rings. The lowest BCUT2D eigenvalue weighted by Crippen LogP contribution is -2.33. The van der Waals surface area contributed by atoms with Crippen molar-refractivity contribution in [2.75, 3.05) is 7.11 Å². The SMILES string of the molecule is COc1cc2nn([C@H]3CCC[C@](C)(O)C3)cc2cc1C(=O)O. The van der Waals surface area contributed by atoms with Gasteiger partial charge in [0, 0.05) is 17.6 Å². The molecule has 0 aliphatic heterocycles. The first-order valence-corrected chi connectivity index (χ1v) is 7.42. The summed E-state index contributed by atoms with van der Waals surface area (Å²) in [6.45, 7) is 1.86. The zero-order valence-corrected chi connectivity index (χ0v) is 12.7. The lowest BCUT2D eigenvalue weighted by molar-refractivity contribution is 0.00191. The molecule has 0 amide bonds. The number of benzene rings is 1. The maximum atomic E-state index is 11.3. The second kappa shape index (κ2) is 5.28. The van der Waals surface area contributed by atoms with Crippen molar-refractivity contribution in [3.05, 3.63) is 23.9 Å². The summed E-state index contributed by atoms with van der Waals surface area (Å²) < 4.78 is 6.98. The molecule has 0 unspecified atom stereocenters. The summed E-state index contributed by atoms with van der Waals surface area (Å²) in [5, 5.41) is 24.8. The van der Waals surface area contributed by atoms with Gasteiger partial charge in [-0.25, -0.2) is 4.79 Å². The van der Waals surface area contributed by atoms with E-state index >= 15 is 0 Å². The Bertz CT molecular complexity index is 720. The molecule has 1 fully saturated rings. The van der Waals surface area contributed by atoms with Crippen LogP contribution in [-0.4, -0.2) is 38.7 Å². The fourth-order valence-electron chi connectivity index (χ4n) is 3.25. The Morgan fingerprint density at radius 3 is 2.91 bits per heavy atom. The zero-order valence-electron chi connectivity index (χ0n) is 12.7. The Kier molecular flexibility index (Phi) is 3.56. The largest absolute Gasteiger partial charge is 0.496 e. The summed E-state index contributed by atoms with van der Waals surface area (Å²) in [4.78, 5) is 11.3. The number of carboxylic acids is 1. The van der Waals surface area contributed by atoms with E-state index in [-0.39, 0.29) is 11.6 Å². The van der Waals surface area contributed by atoms with Crippen LogP contribution in [0.25, 0.3) is 10.9 Å². The monoisotopic (exact) mass is 304 g/mol. The Labute approximate surface area is 128 Å². The number of aliphatic hydroxyl groups is 1. The maximum absolute atomic E-state index is 11.3. The van der Waals surface area contributed by atoms with E-state index in [1.165, 1.54) is 7.11 Å². The van der Waals surface area contributed by atoms with Gasteiger partial charge in [0.2, 0.25) is 0 Å². The van der Waals surface area contributed by atoms with Crippen LogP contribution in [0.5, 0.6) is 5.75 Å². The van der Waals surface area contributed by atoms with Crippen LogP contribution in [0.4, 0.5) is 0 Å². The third-order valence-corrected chi connectivity index (χ3v) is 4.38. The lowest BCUT2D eigenvalue weighted by Gasteiger charge is -2.33. The lowest BCUT2D eigenvalue weighted by atomic mass is 9.83. The highest BCUT2D eigenvalue weighted by atomic mass is 16.5. The van der Waals surface area contributed by atoms with Gasteiger partial charge in [0.1, 0.15) is 11.3 Å². The van der Waals surface area contributed by atoms with Crippen LogP contribution in [0.1, 0.15) is 49.0 Å². The van der Waals surface area contributed by atoms with E-state index in [9.17, 15) is 15.0 Å². The second-order valence-electron chi connectivity index (χ2n) is 6.27. The molecule has 1 heterocycles. The quantitative estimate of drug-likeness (QED) is 0.910. The summed E-state index contributed by atoms with van der Waals surface area (Å²) in [5.41, 5.74) is 0.169. The Balaban J connectivity index is 2.01. The van der Waals surface area contributed by atoms with Gasteiger partial charge in [-0.05, 0) is 38.7 Å². The van der Waals surface area contributed by atoms with E-state index in [0.29, 0.717) is 17.7 Å². The number of ether oxygens (including phenoxy) is 1. The molecule has 2 aromatic rings. The fourth-order valence-corrected chi connectivity index (χ4v) is 3.25. The van der Waals surface area contributed by atoms with Gasteiger partial charge < -0.3 is 14.9 Å². The van der Waals surface area contributed by atoms with Crippen molar-refractivity contribution in [1.82, 2.24) is 9.78 Å². The molecule has 0 spiro atoms. The van der Waals surface area contributed by atoms with Crippen LogP contribution in [-0.2, 0) is 0 Å². The first-order valence-electron chi connectivity index (χ1n) is 7.42. The van der Waals surface area contributed by atoms with Gasteiger partial charge in [-0.1, -0.05) is 0 Å². The highest BCUT2D eigenvalue weighted by molar-refractivity contribution is 5.96. The van der Waals surface area contributed by atoms with E-state index in [0.717, 1.165) is 24.6 Å². The smallest absolute Gasteiger partial charge is 0.339 e. The van der Waals surface area contributed by atoms with E-state index in [4.69, 9.17) is 4.74 Å². The molecular weight excluding hydrogens is 284 g/mol. The molecule has 0 saturated heterocycles. The molecule has 1 aromatic heterocycles. The van der Waals surface area contributed by atoms with Gasteiger partial charge in [0.15, 0.2) is 0 Å². The molecule has 2 atom stereocenters. The van der Waals surface area contributed by atoms with E-state index in [1.54, 1.807) is 12.1 Å². The van der Waals surface area contributed by atoms with Gasteiger partial charge in [0.25, 0.3) is 0 Å². The number of aromatic nitrogens is 2. The molecule has 118 valence electrons. The molecule has 0 bridgehead atoms. The highest BCUT2D eigenvalue weighted by Crippen LogP contribution is 2.36. The molecule has 22 heavy (non-hydrogen) atoms. The van der Waals surface area contributed by atoms with Gasteiger partial charge in [-0.3, -0.25) is 4.68 Å². The van der Waals surface area contributed by atoms with E-state index in [2.05, 4.69) is 5.10 Å². The first-order chi connectivity index (χ1) is 10.4. The van der Waals surface area contributed by atoms with Crippen molar-refractivity contribution in [1.29, 1.82) is 0 Å². The predicted octanol–water partition coefficient (Wildman–Crippen LogP) is 2.61. The third kappa shape index (κ3) is 2.66. The summed E-state index contributed by atoms with van der Waals surface area (Å²) in [6, 6.07) is 3.37. The number of fused-ring (bicyclic) bond motifs is 1. The van der Waals surface area contributed by atoms with Gasteiger partial charge in [-0.2, -0.15) is 5.10 Å². The van der Waals surface area contributed by atoms with E-state index in [1.807, 2.05) is 17.8 Å². The molecule has 1 saturated carbocycles. The zero-order chi connectivity index (χ0) is 15.9. The van der Waals surface area contributed by atoms with Crippen molar-refractivity contribution in [2.24, 2.45) is 0 Å². The van der Waals surface area contributed by atoms with Crippen molar-refractivity contribution in [3.8, 4) is 5.75 Å². The minimum atomic E-state index is -1.02. The summed E-state index contributed by atoms with van der Waals surface area (Å²) in [7, 11) is 1.45. The molecule has 6 heteroatoms. The number of carbonyl (C=O) groups is 1. The number of rotatable bonds is 3. The standard InChI is InChI=1S/C16H20N2O4/c1-16(21)5-3-4-11(8-16)18-9-10-6-12(15(19)20)14(22-2)7-13(10)17-18/h6-7,9,11,21H,3-5,8H2,1-2H3,(H,19,20)/t11-,16-/m0/s1. The van der Waals surface area contributed by atoms with Crippen molar-refractivity contribution < 1.29 is 19.7 Å². The van der Waals surface area contributed by atoms with E-state index < -0.39 is 11.6 Å². The molecule has 6 nitrogen and oxygen atoms in total. The molecule has 1 aliphatic carbocycles. The summed E-state index contributed by atoms with van der Waals surface area (Å²) >= 11 is 0. The Morgan fingerprint density at radius 2 is 2.27 bits per heavy atom. The number of methoxy groups -OCH3 is 1. The maximum Gasteiger partial charge on any atom is 0.339 e. The molecule has 1 aromatic carbocycles. The van der Waals surface area contributed by atoms with Gasteiger partial charge in [0.05, 0.1) is 24.3 Å². The Hall–Kier alpha value is -2.08. The number of carboxylic acid groups (broad SMARTS) is 1. The van der Waals surface area contributed by atoms with Crippen molar-refractivity contribution in [2.45, 2.75) is 44.2 Å². The normalized spacial score (nSPS) is 25.3. The van der Waals surface area contributed by atoms with Crippen LogP contribution < -0.4 is 4.74 Å². The van der Waals surface area contributed by atoms with Crippen LogP contribution in [0, 0.1) is 0 Å². The Morgan fingerprint density at radius 1 is 1.50 bits per heavy atom. The summed E-state index contributed by atoms with van der Waals surface area (Å²) in [5.74, 6) is -0.715. The molecular formula is C16H20N2O4. The van der Waals surface area contributed by atoms with Crippen LogP contribution in [0.15, 0.2) is 18.3 Å². The predicted molar refractivity (Wildman–Crippen MR) is 81.4 cm³/mol. The van der Waals surface area contributed by atoms with Crippen LogP contribution in [0.2, 0.25) is 0 Å².